The van der Waals surface area contributed by atoms with Gasteiger partial charge in [0.25, 0.3) is 0 Å². The van der Waals surface area contributed by atoms with Crippen molar-refractivity contribution < 1.29 is 0 Å². The van der Waals surface area contributed by atoms with Crippen molar-refractivity contribution in [3.8, 4) is 6.19 Å². The first-order valence-corrected chi connectivity index (χ1v) is 4.20. The molecule has 1 rings (SSSR count). The molecule has 1 atom stereocenters. The average Bonchev–Trinajstić information content (AvgIpc) is 2.52. The van der Waals surface area contributed by atoms with E-state index in [9.17, 15) is 0 Å². The minimum atomic E-state index is 0.511. The van der Waals surface area contributed by atoms with E-state index < -0.39 is 0 Å². The third kappa shape index (κ3) is 2.39. The van der Waals surface area contributed by atoms with Gasteiger partial charge in [0.15, 0.2) is 6.19 Å². The summed E-state index contributed by atoms with van der Waals surface area (Å²) in [6, 6.07) is 0.511. The van der Waals surface area contributed by atoms with Crippen LogP contribution in [0.2, 0.25) is 0 Å². The zero-order chi connectivity index (χ0) is 8.10. The maximum absolute atomic E-state index is 8.28. The molecule has 1 N–H and O–H groups in total. The van der Waals surface area contributed by atoms with Crippen molar-refractivity contribution in [2.24, 2.45) is 0 Å². The molecular weight excluding hydrogens is 138 g/mol. The molecule has 0 aromatic carbocycles. The second-order valence-electron chi connectivity index (χ2n) is 3.08. The average molecular weight is 153 g/mol. The Balaban J connectivity index is 2.18. The van der Waals surface area contributed by atoms with E-state index >= 15 is 0 Å². The van der Waals surface area contributed by atoms with Gasteiger partial charge >= 0.3 is 0 Å². The van der Waals surface area contributed by atoms with Gasteiger partial charge < -0.3 is 5.32 Å². The Kier molecular flexibility index (Phi) is 3.18. The maximum Gasteiger partial charge on any atom is 0.176 e. The standard InChI is InChI=1S/C8H15N3/c1-8(6-10-7-9)11-4-2-3-5-11/h8,10H,2-6H2,1H3. The van der Waals surface area contributed by atoms with Gasteiger partial charge in [0.1, 0.15) is 0 Å². The lowest BCUT2D eigenvalue weighted by atomic mass is 10.3. The highest BCUT2D eigenvalue weighted by atomic mass is 15.2. The largest absolute Gasteiger partial charge is 0.322 e. The van der Waals surface area contributed by atoms with Crippen molar-refractivity contribution >= 4 is 0 Å². The Morgan fingerprint density at radius 3 is 2.73 bits per heavy atom. The van der Waals surface area contributed by atoms with Crippen molar-refractivity contribution in [1.29, 1.82) is 5.26 Å². The summed E-state index contributed by atoms with van der Waals surface area (Å²) in [6.07, 6.45) is 4.58. The highest BCUT2D eigenvalue weighted by Crippen LogP contribution is 2.10. The van der Waals surface area contributed by atoms with Crippen molar-refractivity contribution in [3.05, 3.63) is 0 Å². The first kappa shape index (κ1) is 8.35. The minimum absolute atomic E-state index is 0.511. The van der Waals surface area contributed by atoms with E-state index in [4.69, 9.17) is 5.26 Å². The van der Waals surface area contributed by atoms with Gasteiger partial charge in [-0.1, -0.05) is 0 Å². The van der Waals surface area contributed by atoms with E-state index in [0.29, 0.717) is 6.04 Å². The first-order chi connectivity index (χ1) is 5.34. The fourth-order valence-electron chi connectivity index (χ4n) is 1.50. The Bertz CT molecular complexity index is 144. The zero-order valence-electron chi connectivity index (χ0n) is 7.01. The van der Waals surface area contributed by atoms with E-state index in [2.05, 4.69) is 17.1 Å². The third-order valence-electron chi connectivity index (χ3n) is 2.24. The van der Waals surface area contributed by atoms with Crippen LogP contribution in [0.25, 0.3) is 0 Å². The van der Waals surface area contributed by atoms with Crippen LogP contribution in [0.3, 0.4) is 0 Å². The lowest BCUT2D eigenvalue weighted by Gasteiger charge is -2.22. The number of nitriles is 1. The number of hydrogen-bond donors (Lipinski definition) is 1. The lowest BCUT2D eigenvalue weighted by Crippen LogP contribution is -2.37. The van der Waals surface area contributed by atoms with Crippen LogP contribution >= 0.6 is 0 Å². The van der Waals surface area contributed by atoms with Crippen LogP contribution in [-0.2, 0) is 0 Å². The summed E-state index contributed by atoms with van der Waals surface area (Å²) in [5.41, 5.74) is 0. The molecule has 0 amide bonds. The highest BCUT2D eigenvalue weighted by Gasteiger charge is 2.16. The van der Waals surface area contributed by atoms with Crippen LogP contribution in [0, 0.1) is 11.5 Å². The fraction of sp³-hybridized carbons (Fsp3) is 0.875. The second-order valence-corrected chi connectivity index (χ2v) is 3.08. The molecule has 1 aliphatic rings. The van der Waals surface area contributed by atoms with Crippen LogP contribution in [0.1, 0.15) is 19.8 Å². The molecule has 1 fully saturated rings. The van der Waals surface area contributed by atoms with Crippen molar-refractivity contribution in [1.82, 2.24) is 10.2 Å². The molecule has 0 saturated carbocycles. The van der Waals surface area contributed by atoms with Crippen LogP contribution in [0.5, 0.6) is 0 Å². The molecular formula is C8H15N3. The summed E-state index contributed by atoms with van der Waals surface area (Å²) in [7, 11) is 0. The van der Waals surface area contributed by atoms with E-state index in [1.165, 1.54) is 25.9 Å². The molecule has 0 aromatic heterocycles. The fourth-order valence-corrected chi connectivity index (χ4v) is 1.50. The molecule has 0 radical (unpaired) electrons. The quantitative estimate of drug-likeness (QED) is 0.475. The molecule has 1 heterocycles. The van der Waals surface area contributed by atoms with Crippen LogP contribution in [0.4, 0.5) is 0 Å². The van der Waals surface area contributed by atoms with Crippen molar-refractivity contribution in [3.63, 3.8) is 0 Å². The van der Waals surface area contributed by atoms with Gasteiger partial charge in [-0.15, -0.1) is 0 Å². The Labute approximate surface area is 68.0 Å². The molecule has 1 aliphatic heterocycles. The van der Waals surface area contributed by atoms with Gasteiger partial charge in [-0.25, -0.2) is 0 Å². The monoisotopic (exact) mass is 153 g/mol. The Morgan fingerprint density at radius 1 is 1.55 bits per heavy atom. The number of likely N-dealkylation sites (tertiary alicyclic amines) is 1. The number of nitrogens with zero attached hydrogens (tertiary/aromatic N) is 2. The Hall–Kier alpha value is -0.750. The number of hydrogen-bond acceptors (Lipinski definition) is 3. The van der Waals surface area contributed by atoms with E-state index in [1.54, 1.807) is 0 Å². The summed E-state index contributed by atoms with van der Waals surface area (Å²) in [6.45, 7) is 5.36. The van der Waals surface area contributed by atoms with Gasteiger partial charge in [0.05, 0.1) is 0 Å². The van der Waals surface area contributed by atoms with Gasteiger partial charge in [-0.2, -0.15) is 5.26 Å². The topological polar surface area (TPSA) is 39.1 Å². The molecule has 1 saturated heterocycles. The summed E-state index contributed by atoms with van der Waals surface area (Å²) < 4.78 is 0. The zero-order valence-corrected chi connectivity index (χ0v) is 7.01. The molecule has 0 spiro atoms. The summed E-state index contributed by atoms with van der Waals surface area (Å²) >= 11 is 0. The molecule has 1 unspecified atom stereocenters. The molecule has 0 aromatic rings. The van der Waals surface area contributed by atoms with Crippen LogP contribution in [-0.4, -0.2) is 30.6 Å². The minimum Gasteiger partial charge on any atom is -0.322 e. The molecule has 11 heavy (non-hydrogen) atoms. The van der Waals surface area contributed by atoms with E-state index in [-0.39, 0.29) is 0 Å². The van der Waals surface area contributed by atoms with Gasteiger partial charge in [0, 0.05) is 12.6 Å². The third-order valence-corrected chi connectivity index (χ3v) is 2.24. The summed E-state index contributed by atoms with van der Waals surface area (Å²) in [5, 5.41) is 11.0. The predicted octanol–water partition coefficient (Wildman–Crippen LogP) is 0.541. The molecule has 62 valence electrons. The second kappa shape index (κ2) is 4.20. The van der Waals surface area contributed by atoms with Gasteiger partial charge in [-0.05, 0) is 32.9 Å². The van der Waals surface area contributed by atoms with Crippen LogP contribution < -0.4 is 5.32 Å². The lowest BCUT2D eigenvalue weighted by molar-refractivity contribution is 0.258. The van der Waals surface area contributed by atoms with E-state index in [0.717, 1.165) is 6.54 Å². The first-order valence-electron chi connectivity index (χ1n) is 4.20. The number of nitrogens with one attached hydrogen (secondary N) is 1. The van der Waals surface area contributed by atoms with Crippen molar-refractivity contribution in [2.75, 3.05) is 19.6 Å². The van der Waals surface area contributed by atoms with Gasteiger partial charge in [0.2, 0.25) is 0 Å². The van der Waals surface area contributed by atoms with Crippen LogP contribution in [0.15, 0.2) is 0 Å². The molecule has 3 nitrogen and oxygen atoms in total. The maximum atomic E-state index is 8.28. The molecule has 3 heteroatoms. The van der Waals surface area contributed by atoms with E-state index in [1.807, 2.05) is 6.19 Å². The smallest absolute Gasteiger partial charge is 0.176 e. The highest BCUT2D eigenvalue weighted by molar-refractivity contribution is 4.77. The molecule has 0 aliphatic carbocycles. The molecule has 0 bridgehead atoms. The SMILES string of the molecule is CC(CNC#N)N1CCCC1. The summed E-state index contributed by atoms with van der Waals surface area (Å²) in [5.74, 6) is 0. The number of rotatable bonds is 3. The normalized spacial score (nSPS) is 21.1. The Morgan fingerprint density at radius 2 is 2.18 bits per heavy atom. The predicted molar refractivity (Wildman–Crippen MR) is 43.9 cm³/mol. The van der Waals surface area contributed by atoms with Gasteiger partial charge in [-0.3, -0.25) is 4.90 Å². The summed E-state index contributed by atoms with van der Waals surface area (Å²) in [4.78, 5) is 2.42. The van der Waals surface area contributed by atoms with Crippen molar-refractivity contribution in [2.45, 2.75) is 25.8 Å².